The summed E-state index contributed by atoms with van der Waals surface area (Å²) in [5, 5.41) is 3.16. The Morgan fingerprint density at radius 1 is 1.29 bits per heavy atom. The summed E-state index contributed by atoms with van der Waals surface area (Å²) in [6.07, 6.45) is 9.48. The van der Waals surface area contributed by atoms with Gasteiger partial charge in [0.15, 0.2) is 0 Å². The van der Waals surface area contributed by atoms with Crippen LogP contribution in [0.4, 0.5) is 4.79 Å². The van der Waals surface area contributed by atoms with E-state index in [1.807, 2.05) is 17.2 Å². The van der Waals surface area contributed by atoms with Gasteiger partial charge in [-0.05, 0) is 31.4 Å². The van der Waals surface area contributed by atoms with Crippen LogP contribution in [0.15, 0.2) is 24.5 Å². The second kappa shape index (κ2) is 10.3. The highest BCUT2D eigenvalue weighted by molar-refractivity contribution is 5.74. The van der Waals surface area contributed by atoms with Crippen LogP contribution in [0.2, 0.25) is 0 Å². The van der Waals surface area contributed by atoms with Crippen LogP contribution in [0.1, 0.15) is 51.5 Å². The molecule has 0 unspecified atom stereocenters. The largest absolute Gasteiger partial charge is 0.336 e. The third-order valence-electron chi connectivity index (χ3n) is 4.62. The minimum atomic E-state index is 0.0993. The zero-order chi connectivity index (χ0) is 17.2. The molecular weight excluding hydrogens is 300 g/mol. The second-order valence-electron chi connectivity index (χ2n) is 6.82. The molecule has 2 rings (SSSR count). The highest BCUT2D eigenvalue weighted by Gasteiger charge is 2.20. The lowest BCUT2D eigenvalue weighted by molar-refractivity contribution is 0.193. The highest BCUT2D eigenvalue weighted by Crippen LogP contribution is 2.09. The average molecular weight is 332 g/mol. The first kappa shape index (κ1) is 18.7. The number of rotatable bonds is 7. The molecule has 1 aliphatic heterocycles. The number of nitrogens with zero attached hydrogens (tertiary/aromatic N) is 3. The maximum Gasteiger partial charge on any atom is 0.317 e. The molecule has 1 aromatic rings. The van der Waals surface area contributed by atoms with Crippen LogP contribution in [0.3, 0.4) is 0 Å². The fraction of sp³-hybridized carbons (Fsp3) is 0.684. The fourth-order valence-corrected chi connectivity index (χ4v) is 3.16. The standard InChI is InChI=1S/C19H32N4O/c1-3-4-5-8-17(2)21-19(24)23-12-7-11-22(13-14-23)16-18-9-6-10-20-15-18/h6,9-10,15,17H,3-5,7-8,11-14,16H2,1-2H3,(H,21,24)/t17-/m1/s1. The molecule has 1 saturated heterocycles. The molecule has 0 bridgehead atoms. The van der Waals surface area contributed by atoms with Crippen LogP contribution >= 0.6 is 0 Å². The van der Waals surface area contributed by atoms with Crippen molar-refractivity contribution in [3.8, 4) is 0 Å². The van der Waals surface area contributed by atoms with Crippen LogP contribution < -0.4 is 5.32 Å². The molecule has 5 nitrogen and oxygen atoms in total. The summed E-state index contributed by atoms with van der Waals surface area (Å²) in [5.74, 6) is 0. The van der Waals surface area contributed by atoms with Crippen LogP contribution in [0.5, 0.6) is 0 Å². The Morgan fingerprint density at radius 2 is 2.17 bits per heavy atom. The van der Waals surface area contributed by atoms with Gasteiger partial charge >= 0.3 is 6.03 Å². The van der Waals surface area contributed by atoms with E-state index in [0.717, 1.165) is 45.6 Å². The molecule has 0 spiro atoms. The van der Waals surface area contributed by atoms with E-state index in [-0.39, 0.29) is 12.1 Å². The van der Waals surface area contributed by atoms with Gasteiger partial charge in [0.25, 0.3) is 0 Å². The van der Waals surface area contributed by atoms with E-state index in [9.17, 15) is 4.79 Å². The predicted octanol–water partition coefficient (Wildman–Crippen LogP) is 3.27. The van der Waals surface area contributed by atoms with Crippen molar-refractivity contribution >= 4 is 6.03 Å². The van der Waals surface area contributed by atoms with Gasteiger partial charge in [0.05, 0.1) is 0 Å². The Bertz CT molecular complexity index is 480. The maximum absolute atomic E-state index is 12.4. The smallest absolute Gasteiger partial charge is 0.317 e. The topological polar surface area (TPSA) is 48.5 Å². The number of carbonyl (C=O) groups is 1. The van der Waals surface area contributed by atoms with Gasteiger partial charge in [-0.1, -0.05) is 32.3 Å². The molecule has 0 aromatic carbocycles. The maximum atomic E-state index is 12.4. The molecule has 1 aliphatic rings. The summed E-state index contributed by atoms with van der Waals surface area (Å²) in [7, 11) is 0. The molecule has 1 N–H and O–H groups in total. The van der Waals surface area contributed by atoms with Crippen molar-refractivity contribution in [2.45, 2.75) is 58.5 Å². The third kappa shape index (κ3) is 6.48. The number of hydrogen-bond acceptors (Lipinski definition) is 3. The second-order valence-corrected chi connectivity index (χ2v) is 6.82. The number of urea groups is 1. The lowest BCUT2D eigenvalue weighted by Gasteiger charge is -2.24. The van der Waals surface area contributed by atoms with E-state index >= 15 is 0 Å². The van der Waals surface area contributed by atoms with Gasteiger partial charge in [-0.2, -0.15) is 0 Å². The molecule has 1 atom stereocenters. The zero-order valence-corrected chi connectivity index (χ0v) is 15.2. The van der Waals surface area contributed by atoms with Gasteiger partial charge in [0, 0.05) is 51.2 Å². The van der Waals surface area contributed by atoms with E-state index in [0.29, 0.717) is 0 Å². The first-order chi connectivity index (χ1) is 11.7. The first-order valence-electron chi connectivity index (χ1n) is 9.35. The normalized spacial score (nSPS) is 17.3. The first-order valence-corrected chi connectivity index (χ1v) is 9.35. The van der Waals surface area contributed by atoms with Crippen molar-refractivity contribution in [3.05, 3.63) is 30.1 Å². The number of pyridine rings is 1. The molecule has 2 amide bonds. The van der Waals surface area contributed by atoms with Crippen molar-refractivity contribution in [1.82, 2.24) is 20.1 Å². The molecule has 1 fully saturated rings. The molecule has 24 heavy (non-hydrogen) atoms. The summed E-state index contributed by atoms with van der Waals surface area (Å²) in [6.45, 7) is 8.83. The molecule has 0 saturated carbocycles. The number of amides is 2. The van der Waals surface area contributed by atoms with Crippen LogP contribution in [0, 0.1) is 0 Å². The number of unbranched alkanes of at least 4 members (excludes halogenated alkanes) is 2. The van der Waals surface area contributed by atoms with E-state index < -0.39 is 0 Å². The highest BCUT2D eigenvalue weighted by atomic mass is 16.2. The number of hydrogen-bond donors (Lipinski definition) is 1. The van der Waals surface area contributed by atoms with E-state index in [2.05, 4.69) is 35.1 Å². The SMILES string of the molecule is CCCCC[C@@H](C)NC(=O)N1CCCN(Cc2cccnc2)CC1. The summed E-state index contributed by atoms with van der Waals surface area (Å²) in [6, 6.07) is 4.45. The van der Waals surface area contributed by atoms with Crippen LogP contribution in [-0.2, 0) is 6.54 Å². The zero-order valence-electron chi connectivity index (χ0n) is 15.2. The average Bonchev–Trinajstić information content (AvgIpc) is 2.82. The molecule has 5 heteroatoms. The van der Waals surface area contributed by atoms with Crippen molar-refractivity contribution in [1.29, 1.82) is 0 Å². The quantitative estimate of drug-likeness (QED) is 0.780. The monoisotopic (exact) mass is 332 g/mol. The third-order valence-corrected chi connectivity index (χ3v) is 4.62. The van der Waals surface area contributed by atoms with Gasteiger partial charge in [0.2, 0.25) is 0 Å². The molecule has 0 radical (unpaired) electrons. The van der Waals surface area contributed by atoms with Crippen LogP contribution in [-0.4, -0.2) is 53.0 Å². The summed E-state index contributed by atoms with van der Waals surface area (Å²) >= 11 is 0. The molecule has 2 heterocycles. The van der Waals surface area contributed by atoms with Crippen molar-refractivity contribution < 1.29 is 4.79 Å². The fourth-order valence-electron chi connectivity index (χ4n) is 3.16. The van der Waals surface area contributed by atoms with Gasteiger partial charge in [-0.3, -0.25) is 9.88 Å². The summed E-state index contributed by atoms with van der Waals surface area (Å²) < 4.78 is 0. The predicted molar refractivity (Wildman–Crippen MR) is 97.8 cm³/mol. The van der Waals surface area contributed by atoms with Gasteiger partial charge in [-0.15, -0.1) is 0 Å². The Hall–Kier alpha value is -1.62. The van der Waals surface area contributed by atoms with Gasteiger partial charge in [0.1, 0.15) is 0 Å². The van der Waals surface area contributed by atoms with E-state index in [4.69, 9.17) is 0 Å². The van der Waals surface area contributed by atoms with Crippen molar-refractivity contribution in [2.75, 3.05) is 26.2 Å². The van der Waals surface area contributed by atoms with E-state index in [1.165, 1.54) is 24.8 Å². The lowest BCUT2D eigenvalue weighted by atomic mass is 10.1. The van der Waals surface area contributed by atoms with E-state index in [1.54, 1.807) is 6.20 Å². The number of carbonyl (C=O) groups excluding carboxylic acids is 1. The van der Waals surface area contributed by atoms with Gasteiger partial charge in [-0.25, -0.2) is 4.79 Å². The van der Waals surface area contributed by atoms with Crippen molar-refractivity contribution in [3.63, 3.8) is 0 Å². The van der Waals surface area contributed by atoms with Crippen LogP contribution in [0.25, 0.3) is 0 Å². The van der Waals surface area contributed by atoms with Crippen molar-refractivity contribution in [2.24, 2.45) is 0 Å². The molecule has 134 valence electrons. The summed E-state index contributed by atoms with van der Waals surface area (Å²) in [5.41, 5.74) is 1.24. The Balaban J connectivity index is 1.74. The molecular formula is C19H32N4O. The minimum Gasteiger partial charge on any atom is -0.336 e. The Labute approximate surface area is 146 Å². The number of nitrogens with one attached hydrogen (secondary N) is 1. The summed E-state index contributed by atoms with van der Waals surface area (Å²) in [4.78, 5) is 21.0. The number of aromatic nitrogens is 1. The van der Waals surface area contributed by atoms with Gasteiger partial charge < -0.3 is 10.2 Å². The Kier molecular flexibility index (Phi) is 8.02. The molecule has 1 aromatic heterocycles. The Morgan fingerprint density at radius 3 is 2.92 bits per heavy atom. The minimum absolute atomic E-state index is 0.0993. The molecule has 0 aliphatic carbocycles. The lowest BCUT2D eigenvalue weighted by Crippen LogP contribution is -2.45.